The van der Waals surface area contributed by atoms with Gasteiger partial charge in [-0.2, -0.15) is 5.10 Å². The minimum atomic E-state index is -0.522. The van der Waals surface area contributed by atoms with E-state index in [1.54, 1.807) is 16.9 Å². The van der Waals surface area contributed by atoms with Crippen molar-refractivity contribution in [2.45, 2.75) is 6.54 Å². The van der Waals surface area contributed by atoms with Gasteiger partial charge in [0, 0.05) is 24.4 Å². The zero-order valence-electron chi connectivity index (χ0n) is 17.3. The Hall–Kier alpha value is -4.46. The molecule has 0 aliphatic carbocycles. The van der Waals surface area contributed by atoms with Gasteiger partial charge in [-0.3, -0.25) is 14.9 Å². The summed E-state index contributed by atoms with van der Waals surface area (Å²) in [4.78, 5) is 24.0. The minimum Gasteiger partial charge on any atom is -0.490 e. The second-order valence-corrected chi connectivity index (χ2v) is 6.98. The first kappa shape index (κ1) is 20.8. The third kappa shape index (κ3) is 4.34. The first-order valence-electron chi connectivity index (χ1n) is 9.87. The number of para-hydroxylation sites is 1. The van der Waals surface area contributed by atoms with Crippen molar-refractivity contribution in [3.05, 3.63) is 106 Å². The van der Waals surface area contributed by atoms with Crippen molar-refractivity contribution in [2.24, 2.45) is 0 Å². The molecule has 0 atom stereocenters. The van der Waals surface area contributed by atoms with Crippen LogP contribution in [0.25, 0.3) is 16.9 Å². The third-order valence-electron chi connectivity index (χ3n) is 4.92. The van der Waals surface area contributed by atoms with E-state index in [9.17, 15) is 14.9 Å². The molecule has 4 rings (SSSR count). The number of ether oxygens (including phenoxy) is 1. The lowest BCUT2D eigenvalue weighted by atomic mass is 10.1. The number of rotatable bonds is 7. The Morgan fingerprint density at radius 2 is 1.75 bits per heavy atom. The number of carbonyl (C=O) groups is 1. The molecule has 4 aromatic rings. The number of nitrogens with one attached hydrogen (secondary N) is 1. The molecule has 0 spiro atoms. The molecule has 8 nitrogen and oxygen atoms in total. The average molecular weight is 428 g/mol. The van der Waals surface area contributed by atoms with Crippen molar-refractivity contribution in [3.63, 3.8) is 0 Å². The van der Waals surface area contributed by atoms with Crippen LogP contribution >= 0.6 is 0 Å². The first-order valence-corrected chi connectivity index (χ1v) is 9.87. The summed E-state index contributed by atoms with van der Waals surface area (Å²) in [6.45, 7) is 0.346. The van der Waals surface area contributed by atoms with Gasteiger partial charge in [0.05, 0.1) is 23.3 Å². The van der Waals surface area contributed by atoms with Gasteiger partial charge in [0.1, 0.15) is 5.69 Å². The van der Waals surface area contributed by atoms with Crippen LogP contribution in [0.1, 0.15) is 15.9 Å². The Morgan fingerprint density at radius 1 is 1.06 bits per heavy atom. The standard InChI is InChI=1S/C24H20N4O4/c1-32-22-13-12-18(14-21(22)28(30)31)23-20(16-27(26-23)19-10-6-3-7-11-19)24(29)25-15-17-8-4-2-5-9-17/h2-14,16H,15H2,1H3,(H,25,29). The van der Waals surface area contributed by atoms with Gasteiger partial charge >= 0.3 is 5.69 Å². The molecule has 0 saturated carbocycles. The van der Waals surface area contributed by atoms with Gasteiger partial charge in [0.15, 0.2) is 5.75 Å². The van der Waals surface area contributed by atoms with Crippen LogP contribution in [-0.2, 0) is 6.54 Å². The fourth-order valence-electron chi connectivity index (χ4n) is 3.32. The summed E-state index contributed by atoms with van der Waals surface area (Å²) in [5.74, 6) is -0.194. The van der Waals surface area contributed by atoms with Crippen molar-refractivity contribution in [1.29, 1.82) is 0 Å². The zero-order chi connectivity index (χ0) is 22.5. The summed E-state index contributed by atoms with van der Waals surface area (Å²) in [7, 11) is 1.37. The summed E-state index contributed by atoms with van der Waals surface area (Å²) in [5, 5.41) is 19.0. The molecule has 1 aromatic heterocycles. The van der Waals surface area contributed by atoms with Crippen LogP contribution in [0.5, 0.6) is 5.75 Å². The van der Waals surface area contributed by atoms with Gasteiger partial charge in [0.2, 0.25) is 0 Å². The highest BCUT2D eigenvalue weighted by atomic mass is 16.6. The van der Waals surface area contributed by atoms with Crippen LogP contribution in [0.2, 0.25) is 0 Å². The van der Waals surface area contributed by atoms with E-state index < -0.39 is 4.92 Å². The number of methoxy groups -OCH3 is 1. The second kappa shape index (κ2) is 9.13. The summed E-state index contributed by atoms with van der Waals surface area (Å²) in [6, 6.07) is 23.4. The van der Waals surface area contributed by atoms with E-state index in [0.29, 0.717) is 23.4 Å². The lowest BCUT2D eigenvalue weighted by molar-refractivity contribution is -0.385. The molecule has 0 saturated heterocycles. The average Bonchev–Trinajstić information content (AvgIpc) is 3.29. The molecule has 1 amide bonds. The highest BCUT2D eigenvalue weighted by molar-refractivity contribution is 6.00. The van der Waals surface area contributed by atoms with Crippen LogP contribution in [0.15, 0.2) is 85.1 Å². The molecule has 0 bridgehead atoms. The molecule has 0 radical (unpaired) electrons. The summed E-state index contributed by atoms with van der Waals surface area (Å²) < 4.78 is 6.68. The number of benzene rings is 3. The van der Waals surface area contributed by atoms with Crippen molar-refractivity contribution in [3.8, 4) is 22.7 Å². The Balaban J connectivity index is 1.75. The summed E-state index contributed by atoms with van der Waals surface area (Å²) in [5.41, 5.74) is 2.61. The monoisotopic (exact) mass is 428 g/mol. The maximum atomic E-state index is 13.1. The van der Waals surface area contributed by atoms with Crippen LogP contribution in [0.4, 0.5) is 5.69 Å². The molecule has 0 fully saturated rings. The van der Waals surface area contributed by atoms with Crippen molar-refractivity contribution in [2.75, 3.05) is 7.11 Å². The molecule has 0 aliphatic rings. The topological polar surface area (TPSA) is 99.3 Å². The van der Waals surface area contributed by atoms with E-state index >= 15 is 0 Å². The van der Waals surface area contributed by atoms with Gasteiger partial charge in [-0.05, 0) is 29.8 Å². The maximum absolute atomic E-state index is 13.1. The SMILES string of the molecule is COc1ccc(-c2nn(-c3ccccc3)cc2C(=O)NCc2ccccc2)cc1[N+](=O)[O-]. The predicted octanol–water partition coefficient (Wildman–Crippen LogP) is 4.39. The van der Waals surface area contributed by atoms with E-state index in [-0.39, 0.29) is 17.3 Å². The quantitative estimate of drug-likeness (QED) is 0.348. The van der Waals surface area contributed by atoms with Crippen LogP contribution in [-0.4, -0.2) is 27.7 Å². The van der Waals surface area contributed by atoms with E-state index in [0.717, 1.165) is 11.3 Å². The first-order chi connectivity index (χ1) is 15.6. The van der Waals surface area contributed by atoms with Crippen LogP contribution in [0.3, 0.4) is 0 Å². The molecule has 1 heterocycles. The highest BCUT2D eigenvalue weighted by Gasteiger charge is 2.22. The summed E-state index contributed by atoms with van der Waals surface area (Å²) >= 11 is 0. The van der Waals surface area contributed by atoms with Crippen molar-refractivity contribution in [1.82, 2.24) is 15.1 Å². The lowest BCUT2D eigenvalue weighted by Gasteiger charge is -2.07. The van der Waals surface area contributed by atoms with E-state index in [1.807, 2.05) is 60.7 Å². The molecule has 1 N–H and O–H groups in total. The van der Waals surface area contributed by atoms with Gasteiger partial charge in [-0.25, -0.2) is 4.68 Å². The van der Waals surface area contributed by atoms with Gasteiger partial charge in [-0.15, -0.1) is 0 Å². The number of carbonyl (C=O) groups excluding carboxylic acids is 1. The zero-order valence-corrected chi connectivity index (χ0v) is 17.3. The Bertz CT molecular complexity index is 1250. The minimum absolute atomic E-state index is 0.135. The largest absolute Gasteiger partial charge is 0.490 e. The molecular formula is C24H20N4O4. The van der Waals surface area contributed by atoms with Crippen LogP contribution < -0.4 is 10.1 Å². The number of amides is 1. The molecule has 0 aliphatic heterocycles. The predicted molar refractivity (Wildman–Crippen MR) is 120 cm³/mol. The highest BCUT2D eigenvalue weighted by Crippen LogP contribution is 2.33. The smallest absolute Gasteiger partial charge is 0.311 e. The van der Waals surface area contributed by atoms with E-state index in [1.165, 1.54) is 19.2 Å². The Kier molecular flexibility index (Phi) is 5.94. The second-order valence-electron chi connectivity index (χ2n) is 6.98. The number of aromatic nitrogens is 2. The van der Waals surface area contributed by atoms with E-state index in [4.69, 9.17) is 4.74 Å². The fraction of sp³-hybridized carbons (Fsp3) is 0.0833. The van der Waals surface area contributed by atoms with Gasteiger partial charge in [0.25, 0.3) is 5.91 Å². The maximum Gasteiger partial charge on any atom is 0.311 e. The number of nitro benzene ring substituents is 1. The van der Waals surface area contributed by atoms with Crippen LogP contribution in [0, 0.1) is 10.1 Å². The number of hydrogen-bond acceptors (Lipinski definition) is 5. The summed E-state index contributed by atoms with van der Waals surface area (Å²) in [6.07, 6.45) is 1.63. The lowest BCUT2D eigenvalue weighted by Crippen LogP contribution is -2.23. The Labute approximate surface area is 184 Å². The normalized spacial score (nSPS) is 10.5. The van der Waals surface area contributed by atoms with Crippen molar-refractivity contribution >= 4 is 11.6 Å². The molecule has 0 unspecified atom stereocenters. The molecule has 3 aromatic carbocycles. The Morgan fingerprint density at radius 3 is 2.41 bits per heavy atom. The molecular weight excluding hydrogens is 408 g/mol. The van der Waals surface area contributed by atoms with Gasteiger partial charge in [-0.1, -0.05) is 48.5 Å². The number of hydrogen-bond donors (Lipinski definition) is 1. The third-order valence-corrected chi connectivity index (χ3v) is 4.92. The van der Waals surface area contributed by atoms with E-state index in [2.05, 4.69) is 10.4 Å². The number of nitro groups is 1. The number of nitrogens with zero attached hydrogens (tertiary/aromatic N) is 3. The molecule has 32 heavy (non-hydrogen) atoms. The van der Waals surface area contributed by atoms with Crippen molar-refractivity contribution < 1.29 is 14.5 Å². The fourth-order valence-corrected chi connectivity index (χ4v) is 3.32. The molecule has 160 valence electrons. The van der Waals surface area contributed by atoms with Gasteiger partial charge < -0.3 is 10.1 Å². The molecule has 8 heteroatoms.